The van der Waals surface area contributed by atoms with Gasteiger partial charge in [-0.1, -0.05) is 12.1 Å². The second-order valence-corrected chi connectivity index (χ2v) is 7.18. The Morgan fingerprint density at radius 1 is 1.31 bits per heavy atom. The monoisotopic (exact) mass is 430 g/mol. The van der Waals surface area contributed by atoms with Crippen molar-refractivity contribution < 1.29 is 19.2 Å². The fourth-order valence-corrected chi connectivity index (χ4v) is 3.59. The highest BCUT2D eigenvalue weighted by molar-refractivity contribution is 7.98. The van der Waals surface area contributed by atoms with Crippen molar-refractivity contribution in [3.05, 3.63) is 63.7 Å². The minimum absolute atomic E-state index is 0.0481. The third kappa shape index (κ3) is 5.15. The first-order valence-corrected chi connectivity index (χ1v) is 10.2. The fourth-order valence-electron chi connectivity index (χ4n) is 2.32. The van der Waals surface area contributed by atoms with Crippen molar-refractivity contribution in [3.8, 4) is 11.3 Å². The summed E-state index contributed by atoms with van der Waals surface area (Å²) in [7, 11) is 0. The van der Waals surface area contributed by atoms with Gasteiger partial charge in [-0.05, 0) is 18.4 Å². The normalized spacial score (nSPS) is 10.4. The SMILES string of the molecule is CSc1ncccc1C(=O)OCC(=O)Nc1nc(-c2cccc([N+](=O)[O-])c2)cs1. The van der Waals surface area contributed by atoms with Gasteiger partial charge < -0.3 is 4.74 Å². The van der Waals surface area contributed by atoms with Crippen molar-refractivity contribution in [2.45, 2.75) is 5.03 Å². The second-order valence-electron chi connectivity index (χ2n) is 5.53. The maximum atomic E-state index is 12.1. The Morgan fingerprint density at radius 2 is 2.14 bits per heavy atom. The summed E-state index contributed by atoms with van der Waals surface area (Å²) in [5.41, 5.74) is 1.29. The Morgan fingerprint density at radius 3 is 2.90 bits per heavy atom. The lowest BCUT2D eigenvalue weighted by Crippen LogP contribution is -2.21. The molecule has 3 aromatic rings. The van der Waals surface area contributed by atoms with E-state index in [2.05, 4.69) is 15.3 Å². The molecule has 0 aliphatic rings. The molecule has 1 aromatic carbocycles. The van der Waals surface area contributed by atoms with E-state index in [1.807, 2.05) is 0 Å². The lowest BCUT2D eigenvalue weighted by Gasteiger charge is -2.06. The topological polar surface area (TPSA) is 124 Å². The smallest absolute Gasteiger partial charge is 0.341 e. The van der Waals surface area contributed by atoms with Crippen molar-refractivity contribution in [1.82, 2.24) is 9.97 Å². The number of thioether (sulfide) groups is 1. The molecule has 2 heterocycles. The molecule has 0 unspecified atom stereocenters. The molecule has 0 spiro atoms. The molecule has 3 rings (SSSR count). The van der Waals surface area contributed by atoms with E-state index in [0.717, 1.165) is 11.3 Å². The molecule has 2 aromatic heterocycles. The zero-order chi connectivity index (χ0) is 20.8. The van der Waals surface area contributed by atoms with E-state index in [9.17, 15) is 19.7 Å². The first kappa shape index (κ1) is 20.4. The van der Waals surface area contributed by atoms with Crippen LogP contribution < -0.4 is 5.32 Å². The standard InChI is InChI=1S/C18H14N4O5S2/c1-28-16-13(6-3-7-19-16)17(24)27-9-15(23)21-18-20-14(10-29-18)11-4-2-5-12(8-11)22(25)26/h2-8,10H,9H2,1H3,(H,20,21,23). The van der Waals surface area contributed by atoms with E-state index in [1.165, 1.54) is 23.9 Å². The molecule has 1 amide bonds. The van der Waals surface area contributed by atoms with Crippen LogP contribution in [0.2, 0.25) is 0 Å². The zero-order valence-corrected chi connectivity index (χ0v) is 16.7. The Bertz CT molecular complexity index is 1070. The maximum absolute atomic E-state index is 12.1. The average molecular weight is 430 g/mol. The molecule has 0 fully saturated rings. The van der Waals surface area contributed by atoms with Gasteiger partial charge in [0.15, 0.2) is 11.7 Å². The van der Waals surface area contributed by atoms with E-state index in [0.29, 0.717) is 21.4 Å². The van der Waals surface area contributed by atoms with Crippen molar-refractivity contribution in [2.75, 3.05) is 18.2 Å². The molecule has 1 N–H and O–H groups in total. The number of rotatable bonds is 7. The fraction of sp³-hybridized carbons (Fsp3) is 0.111. The number of hydrogen-bond donors (Lipinski definition) is 1. The minimum atomic E-state index is -0.644. The number of non-ortho nitro benzene ring substituents is 1. The number of nitro benzene ring substituents is 1. The van der Waals surface area contributed by atoms with Crippen molar-refractivity contribution in [3.63, 3.8) is 0 Å². The van der Waals surface area contributed by atoms with Crippen LogP contribution in [0.25, 0.3) is 11.3 Å². The van der Waals surface area contributed by atoms with Crippen LogP contribution in [0.5, 0.6) is 0 Å². The maximum Gasteiger partial charge on any atom is 0.341 e. The van der Waals surface area contributed by atoms with Crippen molar-refractivity contribution in [2.24, 2.45) is 0 Å². The number of carbonyl (C=O) groups excluding carboxylic acids is 2. The van der Waals surface area contributed by atoms with Gasteiger partial charge in [-0.2, -0.15) is 0 Å². The molecule has 0 saturated carbocycles. The van der Waals surface area contributed by atoms with Crippen molar-refractivity contribution in [1.29, 1.82) is 0 Å². The van der Waals surface area contributed by atoms with Gasteiger partial charge in [0.2, 0.25) is 0 Å². The molecular weight excluding hydrogens is 416 g/mol. The Hall–Kier alpha value is -3.31. The average Bonchev–Trinajstić information content (AvgIpc) is 3.20. The Labute approximate surface area is 173 Å². The number of ether oxygens (including phenoxy) is 1. The van der Waals surface area contributed by atoms with E-state index in [1.54, 1.807) is 42.1 Å². The molecule has 11 heteroatoms. The molecule has 0 radical (unpaired) electrons. The predicted octanol–water partition coefficient (Wildman–Crippen LogP) is 3.63. The molecule has 0 aliphatic carbocycles. The summed E-state index contributed by atoms with van der Waals surface area (Å²) in [6.07, 6.45) is 3.35. The van der Waals surface area contributed by atoms with Crippen LogP contribution in [-0.2, 0) is 9.53 Å². The third-order valence-corrected chi connectivity index (χ3v) is 5.09. The molecule has 29 heavy (non-hydrogen) atoms. The molecular formula is C18H14N4O5S2. The summed E-state index contributed by atoms with van der Waals surface area (Å²) in [5.74, 6) is -1.19. The van der Waals surface area contributed by atoms with Gasteiger partial charge >= 0.3 is 5.97 Å². The molecule has 0 saturated heterocycles. The van der Waals surface area contributed by atoms with Crippen LogP contribution in [0.4, 0.5) is 10.8 Å². The van der Waals surface area contributed by atoms with Crippen LogP contribution in [0, 0.1) is 10.1 Å². The number of hydrogen-bond acceptors (Lipinski definition) is 9. The quantitative estimate of drug-likeness (QED) is 0.261. The minimum Gasteiger partial charge on any atom is -0.452 e. The number of pyridine rings is 1. The van der Waals surface area contributed by atoms with E-state index in [4.69, 9.17) is 4.74 Å². The molecule has 0 bridgehead atoms. The van der Waals surface area contributed by atoms with Gasteiger partial charge in [-0.3, -0.25) is 20.2 Å². The number of thiazole rings is 1. The summed E-state index contributed by atoms with van der Waals surface area (Å²) >= 11 is 2.46. The highest BCUT2D eigenvalue weighted by atomic mass is 32.2. The lowest BCUT2D eigenvalue weighted by atomic mass is 10.1. The first-order chi connectivity index (χ1) is 14.0. The third-order valence-electron chi connectivity index (χ3n) is 3.62. The predicted molar refractivity (Wildman–Crippen MR) is 109 cm³/mol. The zero-order valence-electron chi connectivity index (χ0n) is 15.0. The number of anilines is 1. The van der Waals surface area contributed by atoms with E-state index < -0.39 is 23.4 Å². The van der Waals surface area contributed by atoms with Crippen LogP contribution >= 0.6 is 23.1 Å². The van der Waals surface area contributed by atoms with Gasteiger partial charge in [0.05, 0.1) is 16.2 Å². The van der Waals surface area contributed by atoms with Crippen LogP contribution in [0.15, 0.2) is 53.0 Å². The molecule has 0 atom stereocenters. The van der Waals surface area contributed by atoms with Crippen LogP contribution in [0.1, 0.15) is 10.4 Å². The van der Waals surface area contributed by atoms with Gasteiger partial charge in [0.25, 0.3) is 11.6 Å². The summed E-state index contributed by atoms with van der Waals surface area (Å²) < 4.78 is 5.04. The van der Waals surface area contributed by atoms with Gasteiger partial charge in [0, 0.05) is 29.3 Å². The first-order valence-electron chi connectivity index (χ1n) is 8.14. The molecule has 9 nitrogen and oxygen atoms in total. The van der Waals surface area contributed by atoms with Crippen LogP contribution in [-0.4, -0.2) is 39.6 Å². The number of benzene rings is 1. The Kier molecular flexibility index (Phi) is 6.52. The summed E-state index contributed by atoms with van der Waals surface area (Å²) in [6.45, 7) is -0.479. The lowest BCUT2D eigenvalue weighted by molar-refractivity contribution is -0.384. The summed E-state index contributed by atoms with van der Waals surface area (Å²) in [4.78, 5) is 42.9. The number of esters is 1. The van der Waals surface area contributed by atoms with Gasteiger partial charge in [-0.25, -0.2) is 14.8 Å². The number of nitrogens with zero attached hydrogens (tertiary/aromatic N) is 3. The highest BCUT2D eigenvalue weighted by Gasteiger charge is 2.16. The largest absolute Gasteiger partial charge is 0.452 e. The van der Waals surface area contributed by atoms with Gasteiger partial charge in [0.1, 0.15) is 5.03 Å². The Balaban J connectivity index is 1.60. The number of aromatic nitrogens is 2. The van der Waals surface area contributed by atoms with Crippen LogP contribution in [0.3, 0.4) is 0 Å². The number of carbonyl (C=O) groups is 2. The van der Waals surface area contributed by atoms with Crippen molar-refractivity contribution >= 4 is 45.8 Å². The number of nitrogens with one attached hydrogen (secondary N) is 1. The number of nitro groups is 1. The molecule has 0 aliphatic heterocycles. The summed E-state index contributed by atoms with van der Waals surface area (Å²) in [6, 6.07) is 9.22. The number of amides is 1. The van der Waals surface area contributed by atoms with Gasteiger partial charge in [-0.15, -0.1) is 23.1 Å². The summed E-state index contributed by atoms with van der Waals surface area (Å²) in [5, 5.41) is 15.9. The second kappa shape index (κ2) is 9.26. The van der Waals surface area contributed by atoms with E-state index >= 15 is 0 Å². The van der Waals surface area contributed by atoms with E-state index in [-0.39, 0.29) is 11.3 Å². The molecule has 148 valence electrons. The highest BCUT2D eigenvalue weighted by Crippen LogP contribution is 2.27.